The van der Waals surface area contributed by atoms with Crippen LogP contribution in [-0.4, -0.2) is 64.0 Å². The summed E-state index contributed by atoms with van der Waals surface area (Å²) in [5.41, 5.74) is 1.84. The molecule has 0 aliphatic carbocycles. The van der Waals surface area contributed by atoms with E-state index in [9.17, 15) is 4.79 Å². The first kappa shape index (κ1) is 14.5. The van der Waals surface area contributed by atoms with Gasteiger partial charge < -0.3 is 14.7 Å². The molecule has 0 saturated carbocycles. The molecule has 0 spiro atoms. The van der Waals surface area contributed by atoms with Crippen LogP contribution in [0.1, 0.15) is 10.4 Å². The summed E-state index contributed by atoms with van der Waals surface area (Å²) in [6.07, 6.45) is 0. The predicted molar refractivity (Wildman–Crippen MR) is 76.3 cm³/mol. The molecule has 4 nitrogen and oxygen atoms in total. The second-order valence-electron chi connectivity index (χ2n) is 4.97. The van der Waals surface area contributed by atoms with Crippen molar-refractivity contribution in [3.05, 3.63) is 29.8 Å². The van der Waals surface area contributed by atoms with Gasteiger partial charge in [0.25, 0.3) is 5.91 Å². The van der Waals surface area contributed by atoms with Gasteiger partial charge in [-0.05, 0) is 38.4 Å². The molecule has 18 heavy (non-hydrogen) atoms. The van der Waals surface area contributed by atoms with Crippen molar-refractivity contribution in [3.63, 3.8) is 0 Å². The van der Waals surface area contributed by atoms with Crippen molar-refractivity contribution in [3.8, 4) is 0 Å². The summed E-state index contributed by atoms with van der Waals surface area (Å²) in [4.78, 5) is 18.0. The Labute approximate surface area is 110 Å². The zero-order valence-electron chi connectivity index (χ0n) is 12.0. The Kier molecular flexibility index (Phi) is 5.16. The number of carbonyl (C=O) groups excluding carboxylic acids is 1. The third-order valence-electron chi connectivity index (χ3n) is 2.86. The van der Waals surface area contributed by atoms with E-state index in [2.05, 4.69) is 4.90 Å². The Morgan fingerprint density at radius 1 is 0.944 bits per heavy atom. The van der Waals surface area contributed by atoms with E-state index in [1.54, 1.807) is 4.90 Å². The molecule has 1 aromatic rings. The molecule has 0 atom stereocenters. The predicted octanol–water partition coefficient (Wildman–Crippen LogP) is 1.39. The summed E-state index contributed by atoms with van der Waals surface area (Å²) < 4.78 is 0. The maximum atomic E-state index is 12.1. The van der Waals surface area contributed by atoms with Crippen molar-refractivity contribution in [2.24, 2.45) is 0 Å². The Hall–Kier alpha value is -1.55. The van der Waals surface area contributed by atoms with Crippen molar-refractivity contribution < 1.29 is 4.79 Å². The minimum absolute atomic E-state index is 0.0714. The first-order chi connectivity index (χ1) is 8.41. The van der Waals surface area contributed by atoms with Gasteiger partial charge in [0.15, 0.2) is 0 Å². The summed E-state index contributed by atoms with van der Waals surface area (Å²) in [5, 5.41) is 0. The minimum atomic E-state index is 0.0714. The van der Waals surface area contributed by atoms with Gasteiger partial charge in [0.05, 0.1) is 0 Å². The van der Waals surface area contributed by atoms with Gasteiger partial charge in [-0.1, -0.05) is 0 Å². The number of carbonyl (C=O) groups is 1. The lowest BCUT2D eigenvalue weighted by Crippen LogP contribution is -2.33. The number of benzene rings is 1. The van der Waals surface area contributed by atoms with Crippen molar-refractivity contribution in [2.45, 2.75) is 0 Å². The number of hydrogen-bond acceptors (Lipinski definition) is 3. The highest BCUT2D eigenvalue weighted by Crippen LogP contribution is 2.13. The van der Waals surface area contributed by atoms with Crippen molar-refractivity contribution in [1.29, 1.82) is 0 Å². The third-order valence-corrected chi connectivity index (χ3v) is 2.86. The fourth-order valence-electron chi connectivity index (χ4n) is 1.57. The summed E-state index contributed by atoms with van der Waals surface area (Å²) in [7, 11) is 9.82. The molecule has 0 radical (unpaired) electrons. The van der Waals surface area contributed by atoms with Crippen LogP contribution in [-0.2, 0) is 0 Å². The molecule has 0 bridgehead atoms. The van der Waals surface area contributed by atoms with Gasteiger partial charge in [-0.15, -0.1) is 0 Å². The summed E-state index contributed by atoms with van der Waals surface area (Å²) in [6, 6.07) is 7.69. The van der Waals surface area contributed by atoms with E-state index in [0.717, 1.165) is 24.3 Å². The van der Waals surface area contributed by atoms with E-state index in [1.807, 2.05) is 64.4 Å². The maximum absolute atomic E-state index is 12.1. The molecule has 0 fully saturated rings. The van der Waals surface area contributed by atoms with Gasteiger partial charge in [0.2, 0.25) is 0 Å². The van der Waals surface area contributed by atoms with Crippen LogP contribution in [0.3, 0.4) is 0 Å². The lowest BCUT2D eigenvalue weighted by molar-refractivity contribution is 0.0786. The minimum Gasteiger partial charge on any atom is -0.378 e. The lowest BCUT2D eigenvalue weighted by Gasteiger charge is -2.20. The molecular formula is C14H23N3O. The van der Waals surface area contributed by atoms with Crippen LogP contribution in [0.25, 0.3) is 0 Å². The number of hydrogen-bond donors (Lipinski definition) is 0. The van der Waals surface area contributed by atoms with Crippen LogP contribution in [0.15, 0.2) is 24.3 Å². The molecule has 0 saturated heterocycles. The quantitative estimate of drug-likeness (QED) is 0.789. The van der Waals surface area contributed by atoms with E-state index >= 15 is 0 Å². The lowest BCUT2D eigenvalue weighted by atomic mass is 10.2. The monoisotopic (exact) mass is 249 g/mol. The smallest absolute Gasteiger partial charge is 0.253 e. The normalized spacial score (nSPS) is 10.6. The van der Waals surface area contributed by atoms with Crippen LogP contribution < -0.4 is 4.90 Å². The molecule has 0 unspecified atom stereocenters. The van der Waals surface area contributed by atoms with Crippen LogP contribution in [0, 0.1) is 0 Å². The average molecular weight is 249 g/mol. The number of anilines is 1. The highest BCUT2D eigenvalue weighted by atomic mass is 16.2. The van der Waals surface area contributed by atoms with Crippen LogP contribution in [0.2, 0.25) is 0 Å². The Balaban J connectivity index is 2.66. The summed E-state index contributed by atoms with van der Waals surface area (Å²) in [5.74, 6) is 0.0714. The van der Waals surface area contributed by atoms with Gasteiger partial charge >= 0.3 is 0 Å². The van der Waals surface area contributed by atoms with E-state index in [4.69, 9.17) is 0 Å². The van der Waals surface area contributed by atoms with E-state index in [0.29, 0.717) is 0 Å². The highest BCUT2D eigenvalue weighted by Gasteiger charge is 2.11. The first-order valence-electron chi connectivity index (χ1n) is 6.09. The second-order valence-corrected chi connectivity index (χ2v) is 4.97. The number of rotatable bonds is 5. The molecular weight excluding hydrogens is 226 g/mol. The number of amides is 1. The van der Waals surface area contributed by atoms with Gasteiger partial charge in [-0.3, -0.25) is 4.79 Å². The first-order valence-corrected chi connectivity index (χ1v) is 6.09. The van der Waals surface area contributed by atoms with E-state index in [-0.39, 0.29) is 5.91 Å². The Bertz CT molecular complexity index is 385. The molecule has 4 heteroatoms. The van der Waals surface area contributed by atoms with Crippen LogP contribution in [0.5, 0.6) is 0 Å². The molecule has 1 amide bonds. The molecule has 0 N–H and O–H groups in total. The van der Waals surface area contributed by atoms with Gasteiger partial charge in [0, 0.05) is 45.5 Å². The van der Waals surface area contributed by atoms with E-state index in [1.165, 1.54) is 0 Å². The van der Waals surface area contributed by atoms with Gasteiger partial charge in [-0.25, -0.2) is 0 Å². The maximum Gasteiger partial charge on any atom is 0.253 e. The standard InChI is InChI=1S/C14H23N3O/c1-15(2)10-11-17(5)14(18)12-6-8-13(9-7-12)16(3)4/h6-9H,10-11H2,1-5H3. The molecule has 1 rings (SSSR count). The number of nitrogens with zero attached hydrogens (tertiary/aromatic N) is 3. The SMILES string of the molecule is CN(C)CCN(C)C(=O)c1ccc(N(C)C)cc1. The Morgan fingerprint density at radius 2 is 1.50 bits per heavy atom. The largest absolute Gasteiger partial charge is 0.378 e. The van der Waals surface area contributed by atoms with Gasteiger partial charge in [0.1, 0.15) is 0 Å². The second kappa shape index (κ2) is 6.40. The Morgan fingerprint density at radius 3 is 1.94 bits per heavy atom. The molecule has 0 heterocycles. The molecule has 100 valence electrons. The molecule has 0 aliphatic rings. The van der Waals surface area contributed by atoms with Crippen molar-refractivity contribution in [2.75, 3.05) is 53.2 Å². The fourth-order valence-corrected chi connectivity index (χ4v) is 1.57. The topological polar surface area (TPSA) is 26.8 Å². The van der Waals surface area contributed by atoms with Crippen LogP contribution in [0.4, 0.5) is 5.69 Å². The summed E-state index contributed by atoms with van der Waals surface area (Å²) in [6.45, 7) is 1.61. The number of likely N-dealkylation sites (N-methyl/N-ethyl adjacent to an activating group) is 2. The molecule has 0 aliphatic heterocycles. The van der Waals surface area contributed by atoms with Gasteiger partial charge in [-0.2, -0.15) is 0 Å². The molecule has 1 aromatic carbocycles. The zero-order chi connectivity index (χ0) is 13.7. The third kappa shape index (κ3) is 4.04. The van der Waals surface area contributed by atoms with Crippen molar-refractivity contribution >= 4 is 11.6 Å². The average Bonchev–Trinajstić information content (AvgIpc) is 2.35. The van der Waals surface area contributed by atoms with Crippen LogP contribution >= 0.6 is 0 Å². The molecule has 0 aromatic heterocycles. The van der Waals surface area contributed by atoms with Crippen molar-refractivity contribution in [1.82, 2.24) is 9.80 Å². The fraction of sp³-hybridized carbons (Fsp3) is 0.500. The summed E-state index contributed by atoms with van der Waals surface area (Å²) >= 11 is 0. The van der Waals surface area contributed by atoms with E-state index < -0.39 is 0 Å². The zero-order valence-corrected chi connectivity index (χ0v) is 12.0. The highest BCUT2D eigenvalue weighted by molar-refractivity contribution is 5.94.